The third-order valence-electron chi connectivity index (χ3n) is 4.75. The van der Waals surface area contributed by atoms with Crippen LogP contribution in [0.1, 0.15) is 38.0 Å². The van der Waals surface area contributed by atoms with Gasteiger partial charge in [0.05, 0.1) is 5.02 Å². The average Bonchev–Trinajstić information content (AvgIpc) is 2.77. The van der Waals surface area contributed by atoms with Crippen LogP contribution in [0.5, 0.6) is 0 Å². The SMILES string of the molecule is CC1CCC(NCc2sc3ccccc3c2Cl)CC1C. The van der Waals surface area contributed by atoms with Crippen molar-refractivity contribution in [2.75, 3.05) is 0 Å². The molecule has 1 aromatic carbocycles. The highest BCUT2D eigenvalue weighted by atomic mass is 35.5. The lowest BCUT2D eigenvalue weighted by molar-refractivity contribution is 0.226. The fraction of sp³-hybridized carbons (Fsp3) is 0.529. The monoisotopic (exact) mass is 307 g/mol. The minimum Gasteiger partial charge on any atom is -0.309 e. The van der Waals surface area contributed by atoms with E-state index < -0.39 is 0 Å². The Morgan fingerprint density at radius 3 is 2.75 bits per heavy atom. The van der Waals surface area contributed by atoms with E-state index in [2.05, 4.69) is 43.4 Å². The van der Waals surface area contributed by atoms with Crippen LogP contribution in [0.3, 0.4) is 0 Å². The highest BCUT2D eigenvalue weighted by Crippen LogP contribution is 2.35. The molecular weight excluding hydrogens is 286 g/mol. The number of benzene rings is 1. The van der Waals surface area contributed by atoms with E-state index in [1.807, 2.05) is 11.3 Å². The van der Waals surface area contributed by atoms with Gasteiger partial charge in [-0.15, -0.1) is 11.3 Å². The molecule has 1 aromatic heterocycles. The molecule has 1 heterocycles. The maximum atomic E-state index is 6.50. The van der Waals surface area contributed by atoms with E-state index in [-0.39, 0.29) is 0 Å². The van der Waals surface area contributed by atoms with Crippen molar-refractivity contribution in [3.63, 3.8) is 0 Å². The first-order valence-electron chi connectivity index (χ1n) is 7.54. The quantitative estimate of drug-likeness (QED) is 0.793. The van der Waals surface area contributed by atoms with Crippen LogP contribution in [0.25, 0.3) is 10.1 Å². The number of hydrogen-bond donors (Lipinski definition) is 1. The smallest absolute Gasteiger partial charge is 0.0636 e. The van der Waals surface area contributed by atoms with Gasteiger partial charge in [0.1, 0.15) is 0 Å². The molecule has 0 amide bonds. The normalized spacial score (nSPS) is 27.1. The number of halogens is 1. The Balaban J connectivity index is 1.67. The molecule has 0 radical (unpaired) electrons. The van der Waals surface area contributed by atoms with Gasteiger partial charge < -0.3 is 5.32 Å². The van der Waals surface area contributed by atoms with E-state index in [1.165, 1.54) is 34.2 Å². The predicted octanol–water partition coefficient (Wildman–Crippen LogP) is 5.47. The van der Waals surface area contributed by atoms with Gasteiger partial charge in [0.2, 0.25) is 0 Å². The van der Waals surface area contributed by atoms with Gasteiger partial charge in [0, 0.05) is 27.5 Å². The van der Waals surface area contributed by atoms with E-state index in [0.717, 1.165) is 23.4 Å². The molecule has 1 aliphatic rings. The molecule has 3 rings (SSSR count). The molecule has 1 N–H and O–H groups in total. The first-order valence-corrected chi connectivity index (χ1v) is 8.74. The molecule has 3 atom stereocenters. The minimum atomic E-state index is 0.655. The lowest BCUT2D eigenvalue weighted by Crippen LogP contribution is -2.35. The topological polar surface area (TPSA) is 12.0 Å². The zero-order valence-corrected chi connectivity index (χ0v) is 13.7. The van der Waals surface area contributed by atoms with Crippen molar-refractivity contribution in [2.45, 2.75) is 45.7 Å². The van der Waals surface area contributed by atoms with Gasteiger partial charge in [-0.1, -0.05) is 43.6 Å². The maximum absolute atomic E-state index is 6.50. The summed E-state index contributed by atoms with van der Waals surface area (Å²) in [6, 6.07) is 9.06. The molecule has 20 heavy (non-hydrogen) atoms. The van der Waals surface area contributed by atoms with Crippen LogP contribution >= 0.6 is 22.9 Å². The second-order valence-electron chi connectivity index (χ2n) is 6.18. The first kappa shape index (κ1) is 14.4. The Morgan fingerprint density at radius 1 is 1.20 bits per heavy atom. The van der Waals surface area contributed by atoms with Crippen LogP contribution in [0.15, 0.2) is 24.3 Å². The molecule has 3 heteroatoms. The van der Waals surface area contributed by atoms with Crippen LogP contribution in [0.2, 0.25) is 5.02 Å². The Morgan fingerprint density at radius 2 is 2.00 bits per heavy atom. The van der Waals surface area contributed by atoms with Gasteiger partial charge in [0.25, 0.3) is 0 Å². The molecule has 0 spiro atoms. The second kappa shape index (κ2) is 6.05. The fourth-order valence-electron chi connectivity index (χ4n) is 3.15. The molecule has 0 bridgehead atoms. The van der Waals surface area contributed by atoms with Crippen molar-refractivity contribution < 1.29 is 0 Å². The van der Waals surface area contributed by atoms with Gasteiger partial charge in [0.15, 0.2) is 0 Å². The van der Waals surface area contributed by atoms with Gasteiger partial charge in [-0.3, -0.25) is 0 Å². The molecule has 0 aliphatic heterocycles. The molecule has 1 nitrogen and oxygen atoms in total. The number of hydrogen-bond acceptors (Lipinski definition) is 2. The molecule has 1 aliphatic carbocycles. The van der Waals surface area contributed by atoms with Crippen molar-refractivity contribution in [1.29, 1.82) is 0 Å². The maximum Gasteiger partial charge on any atom is 0.0636 e. The number of fused-ring (bicyclic) bond motifs is 1. The fourth-order valence-corrected chi connectivity index (χ4v) is 4.60. The van der Waals surface area contributed by atoms with Gasteiger partial charge >= 0.3 is 0 Å². The Bertz CT molecular complexity index is 592. The van der Waals surface area contributed by atoms with Crippen molar-refractivity contribution in [2.24, 2.45) is 11.8 Å². The average molecular weight is 308 g/mol. The largest absolute Gasteiger partial charge is 0.309 e. The standard InChI is InChI=1S/C17H22ClNS/c1-11-7-8-13(9-12(11)2)19-10-16-17(18)14-5-3-4-6-15(14)20-16/h3-6,11-13,19H,7-10H2,1-2H3. The van der Waals surface area contributed by atoms with E-state index >= 15 is 0 Å². The van der Waals surface area contributed by atoms with Gasteiger partial charge in [-0.25, -0.2) is 0 Å². The van der Waals surface area contributed by atoms with Crippen LogP contribution in [0.4, 0.5) is 0 Å². The van der Waals surface area contributed by atoms with Crippen molar-refractivity contribution in [3.8, 4) is 0 Å². The lowest BCUT2D eigenvalue weighted by Gasteiger charge is -2.32. The van der Waals surface area contributed by atoms with Crippen molar-refractivity contribution in [1.82, 2.24) is 5.32 Å². The second-order valence-corrected chi connectivity index (χ2v) is 7.70. The third kappa shape index (κ3) is 2.88. The molecular formula is C17H22ClNS. The number of nitrogens with one attached hydrogen (secondary N) is 1. The highest BCUT2D eigenvalue weighted by molar-refractivity contribution is 7.19. The third-order valence-corrected chi connectivity index (χ3v) is 6.47. The Labute approximate surface area is 130 Å². The summed E-state index contributed by atoms with van der Waals surface area (Å²) in [5.41, 5.74) is 0. The number of rotatable bonds is 3. The molecule has 108 valence electrons. The highest BCUT2D eigenvalue weighted by Gasteiger charge is 2.24. The molecule has 1 fully saturated rings. The summed E-state index contributed by atoms with van der Waals surface area (Å²) in [6.07, 6.45) is 3.94. The summed E-state index contributed by atoms with van der Waals surface area (Å²) < 4.78 is 1.29. The molecule has 2 aromatic rings. The Hall–Kier alpha value is -0.570. The van der Waals surface area contributed by atoms with E-state index in [9.17, 15) is 0 Å². The summed E-state index contributed by atoms with van der Waals surface area (Å²) in [5, 5.41) is 5.85. The zero-order valence-electron chi connectivity index (χ0n) is 12.2. The summed E-state index contributed by atoms with van der Waals surface area (Å²) in [5.74, 6) is 1.71. The Kier molecular flexibility index (Phi) is 4.34. The number of thiophene rings is 1. The summed E-state index contributed by atoms with van der Waals surface area (Å²) in [6.45, 7) is 5.67. The van der Waals surface area contributed by atoms with Crippen molar-refractivity contribution >= 4 is 33.0 Å². The summed E-state index contributed by atoms with van der Waals surface area (Å²) in [4.78, 5) is 1.28. The van der Waals surface area contributed by atoms with Crippen molar-refractivity contribution in [3.05, 3.63) is 34.2 Å². The van der Waals surface area contributed by atoms with E-state index in [4.69, 9.17) is 11.6 Å². The predicted molar refractivity (Wildman–Crippen MR) is 89.6 cm³/mol. The van der Waals surface area contributed by atoms with Crippen LogP contribution in [0, 0.1) is 11.8 Å². The molecule has 0 saturated heterocycles. The van der Waals surface area contributed by atoms with Crippen LogP contribution in [-0.4, -0.2) is 6.04 Å². The zero-order chi connectivity index (χ0) is 14.1. The van der Waals surface area contributed by atoms with Crippen LogP contribution < -0.4 is 5.32 Å². The molecule has 3 unspecified atom stereocenters. The van der Waals surface area contributed by atoms with Crippen LogP contribution in [-0.2, 0) is 6.54 Å². The van der Waals surface area contributed by atoms with Gasteiger partial charge in [-0.05, 0) is 37.2 Å². The van der Waals surface area contributed by atoms with E-state index in [0.29, 0.717) is 6.04 Å². The lowest BCUT2D eigenvalue weighted by atomic mass is 9.79. The van der Waals surface area contributed by atoms with E-state index in [1.54, 1.807) is 0 Å². The summed E-state index contributed by atoms with van der Waals surface area (Å²) >= 11 is 8.32. The molecule has 1 saturated carbocycles. The van der Waals surface area contributed by atoms with Gasteiger partial charge in [-0.2, -0.15) is 0 Å². The first-order chi connectivity index (χ1) is 9.65. The summed E-state index contributed by atoms with van der Waals surface area (Å²) in [7, 11) is 0. The minimum absolute atomic E-state index is 0.655.